The molecule has 4 rings (SSSR count). The second-order valence-corrected chi connectivity index (χ2v) is 7.91. The summed E-state index contributed by atoms with van der Waals surface area (Å²) in [6.45, 7) is 1.58. The Morgan fingerprint density at radius 1 is 1.13 bits per heavy atom. The fraction of sp³-hybridized carbons (Fsp3) is 0.0909. The van der Waals surface area contributed by atoms with Crippen LogP contribution in [0.3, 0.4) is 0 Å². The number of rotatable bonds is 4. The largest absolute Gasteiger partial charge is 0.480 e. The summed E-state index contributed by atoms with van der Waals surface area (Å²) < 4.78 is 2.30. The molecule has 0 unspecified atom stereocenters. The van der Waals surface area contributed by atoms with Gasteiger partial charge in [0.2, 0.25) is 0 Å². The van der Waals surface area contributed by atoms with Crippen LogP contribution in [0.1, 0.15) is 18.5 Å². The molecule has 0 aliphatic carbocycles. The van der Waals surface area contributed by atoms with Gasteiger partial charge in [-0.1, -0.05) is 28.1 Å². The maximum atomic E-state index is 13.0. The third-order valence-corrected chi connectivity index (χ3v) is 5.49. The number of aromatic nitrogens is 1. The fourth-order valence-corrected chi connectivity index (χ4v) is 3.79. The highest BCUT2D eigenvalue weighted by Gasteiger charge is 2.36. The van der Waals surface area contributed by atoms with Gasteiger partial charge in [-0.3, -0.25) is 14.9 Å². The molecule has 0 spiro atoms. The molecule has 1 aromatic heterocycles. The van der Waals surface area contributed by atoms with Gasteiger partial charge in [0.1, 0.15) is 11.6 Å². The summed E-state index contributed by atoms with van der Waals surface area (Å²) in [7, 11) is 0. The van der Waals surface area contributed by atoms with E-state index in [2.05, 4.69) is 21.2 Å². The van der Waals surface area contributed by atoms with E-state index in [0.29, 0.717) is 21.2 Å². The Morgan fingerprint density at radius 3 is 2.61 bits per heavy atom. The van der Waals surface area contributed by atoms with Crippen LogP contribution in [-0.4, -0.2) is 33.5 Å². The van der Waals surface area contributed by atoms with Gasteiger partial charge in [-0.15, -0.1) is 0 Å². The molecule has 9 heteroatoms. The monoisotopic (exact) mass is 481 g/mol. The number of nitrogens with one attached hydrogen (secondary N) is 1. The third-order valence-electron chi connectivity index (χ3n) is 5.00. The number of urea groups is 1. The number of carboxylic acids is 1. The number of carboxylic acid groups (broad SMARTS) is 1. The maximum absolute atomic E-state index is 13.0. The molecule has 2 heterocycles. The Labute approximate surface area is 184 Å². The standard InChI is InChI=1S/C22H16BrN3O5/c1-12(21(29)30)25-8-7-14-9-13(5-6-18(14)25)10-17-19(27)24-22(31)26(20(17)28)16-4-2-3-15(23)11-16/h2-12H,1H3,(H,29,30)(H,24,27,31)/b17-10+/t12-/m0/s1. The third kappa shape index (κ3) is 3.75. The van der Waals surface area contributed by atoms with Crippen molar-refractivity contribution in [3.63, 3.8) is 0 Å². The molecule has 0 radical (unpaired) electrons. The molecule has 2 N–H and O–H groups in total. The molecule has 4 amide bonds. The van der Waals surface area contributed by atoms with E-state index < -0.39 is 29.9 Å². The van der Waals surface area contributed by atoms with Crippen LogP contribution in [-0.2, 0) is 14.4 Å². The summed E-state index contributed by atoms with van der Waals surface area (Å²) in [6, 6.07) is 12.0. The smallest absolute Gasteiger partial charge is 0.335 e. The van der Waals surface area contributed by atoms with Crippen LogP contribution < -0.4 is 10.2 Å². The van der Waals surface area contributed by atoms with Crippen molar-refractivity contribution >= 4 is 62.4 Å². The normalized spacial score (nSPS) is 16.6. The molecule has 1 atom stereocenters. The number of carbonyl (C=O) groups is 4. The van der Waals surface area contributed by atoms with Gasteiger partial charge in [-0.2, -0.15) is 0 Å². The van der Waals surface area contributed by atoms with E-state index in [1.54, 1.807) is 66.2 Å². The number of barbiturate groups is 1. The van der Waals surface area contributed by atoms with Crippen LogP contribution in [0, 0.1) is 0 Å². The molecule has 1 fully saturated rings. The molecular weight excluding hydrogens is 466 g/mol. The first kappa shape index (κ1) is 20.5. The van der Waals surface area contributed by atoms with E-state index >= 15 is 0 Å². The molecule has 8 nitrogen and oxygen atoms in total. The second kappa shape index (κ2) is 7.84. The Kier molecular flexibility index (Phi) is 5.20. The fourth-order valence-electron chi connectivity index (χ4n) is 3.40. The molecule has 0 saturated carbocycles. The van der Waals surface area contributed by atoms with Crippen molar-refractivity contribution in [3.8, 4) is 0 Å². The minimum atomic E-state index is -0.953. The predicted molar refractivity (Wildman–Crippen MR) is 117 cm³/mol. The second-order valence-electron chi connectivity index (χ2n) is 6.99. The summed E-state index contributed by atoms with van der Waals surface area (Å²) in [5.41, 5.74) is 1.42. The quantitative estimate of drug-likeness (QED) is 0.436. The number of fused-ring (bicyclic) bond motifs is 1. The Balaban J connectivity index is 1.72. The Bertz CT molecular complexity index is 1290. The van der Waals surface area contributed by atoms with Crippen molar-refractivity contribution in [2.45, 2.75) is 13.0 Å². The first-order valence-corrected chi connectivity index (χ1v) is 10.1. The molecule has 3 aromatic rings. The average Bonchev–Trinajstić information content (AvgIpc) is 3.13. The van der Waals surface area contributed by atoms with Gasteiger partial charge in [0.05, 0.1) is 5.69 Å². The molecule has 1 aliphatic heterocycles. The zero-order valence-corrected chi connectivity index (χ0v) is 17.8. The molecule has 2 aromatic carbocycles. The highest BCUT2D eigenvalue weighted by molar-refractivity contribution is 9.10. The van der Waals surface area contributed by atoms with E-state index in [9.17, 15) is 24.3 Å². The SMILES string of the molecule is C[C@@H](C(=O)O)n1ccc2cc(/C=C3\C(=O)NC(=O)N(c4cccc(Br)c4)C3=O)ccc21. The predicted octanol–water partition coefficient (Wildman–Crippen LogP) is 3.72. The lowest BCUT2D eigenvalue weighted by molar-refractivity contribution is -0.140. The van der Waals surface area contributed by atoms with Crippen LogP contribution >= 0.6 is 15.9 Å². The minimum absolute atomic E-state index is 0.183. The molecule has 0 bridgehead atoms. The van der Waals surface area contributed by atoms with Crippen molar-refractivity contribution in [3.05, 3.63) is 70.3 Å². The average molecular weight is 482 g/mol. The van der Waals surface area contributed by atoms with Crippen LogP contribution in [0.25, 0.3) is 17.0 Å². The van der Waals surface area contributed by atoms with E-state index in [0.717, 1.165) is 10.3 Å². The Hall–Kier alpha value is -3.72. The number of aliphatic carboxylic acids is 1. The summed E-state index contributed by atoms with van der Waals surface area (Å²) in [6.07, 6.45) is 3.08. The number of nitrogens with zero attached hydrogens (tertiary/aromatic N) is 2. The van der Waals surface area contributed by atoms with Gasteiger partial charge in [0, 0.05) is 21.6 Å². The van der Waals surface area contributed by atoms with Crippen LogP contribution in [0.2, 0.25) is 0 Å². The number of amides is 4. The van der Waals surface area contributed by atoms with Crippen molar-refractivity contribution in [2.24, 2.45) is 0 Å². The summed E-state index contributed by atoms with van der Waals surface area (Å²) in [4.78, 5) is 49.9. The highest BCUT2D eigenvalue weighted by Crippen LogP contribution is 2.26. The number of hydrogen-bond donors (Lipinski definition) is 2. The first-order valence-electron chi connectivity index (χ1n) is 9.26. The van der Waals surface area contributed by atoms with Gasteiger partial charge in [-0.05, 0) is 55.0 Å². The molecule has 1 aliphatic rings. The van der Waals surface area contributed by atoms with E-state index in [1.807, 2.05) is 0 Å². The lowest BCUT2D eigenvalue weighted by Gasteiger charge is -2.26. The number of carbonyl (C=O) groups excluding carboxylic acids is 3. The highest BCUT2D eigenvalue weighted by atomic mass is 79.9. The topological polar surface area (TPSA) is 109 Å². The van der Waals surface area contributed by atoms with Gasteiger partial charge in [-0.25, -0.2) is 14.5 Å². The van der Waals surface area contributed by atoms with Crippen molar-refractivity contribution in [2.75, 3.05) is 4.90 Å². The number of benzene rings is 2. The van der Waals surface area contributed by atoms with Gasteiger partial charge in [0.25, 0.3) is 11.8 Å². The number of anilines is 1. The molecule has 1 saturated heterocycles. The van der Waals surface area contributed by atoms with E-state index in [-0.39, 0.29) is 5.57 Å². The maximum Gasteiger partial charge on any atom is 0.335 e. The first-order chi connectivity index (χ1) is 14.8. The zero-order chi connectivity index (χ0) is 22.3. The molecule has 156 valence electrons. The molecule has 31 heavy (non-hydrogen) atoms. The van der Waals surface area contributed by atoms with Crippen molar-refractivity contribution < 1.29 is 24.3 Å². The number of hydrogen-bond acceptors (Lipinski definition) is 4. The summed E-state index contributed by atoms with van der Waals surface area (Å²) >= 11 is 3.30. The lowest BCUT2D eigenvalue weighted by atomic mass is 10.1. The van der Waals surface area contributed by atoms with E-state index in [4.69, 9.17) is 0 Å². The van der Waals surface area contributed by atoms with Crippen LogP contribution in [0.5, 0.6) is 0 Å². The van der Waals surface area contributed by atoms with Gasteiger partial charge in [0.15, 0.2) is 0 Å². The van der Waals surface area contributed by atoms with Gasteiger partial charge >= 0.3 is 12.0 Å². The van der Waals surface area contributed by atoms with Crippen LogP contribution in [0.15, 0.2) is 64.8 Å². The number of imide groups is 2. The summed E-state index contributed by atoms with van der Waals surface area (Å²) in [5.74, 6) is -2.46. The minimum Gasteiger partial charge on any atom is -0.480 e. The molecular formula is C22H16BrN3O5. The van der Waals surface area contributed by atoms with Crippen LogP contribution in [0.4, 0.5) is 10.5 Å². The lowest BCUT2D eigenvalue weighted by Crippen LogP contribution is -2.54. The number of halogens is 1. The Morgan fingerprint density at radius 2 is 1.90 bits per heavy atom. The van der Waals surface area contributed by atoms with Crippen molar-refractivity contribution in [1.29, 1.82) is 0 Å². The zero-order valence-electron chi connectivity index (χ0n) is 16.2. The van der Waals surface area contributed by atoms with Gasteiger partial charge < -0.3 is 9.67 Å². The van der Waals surface area contributed by atoms with E-state index in [1.165, 1.54) is 6.08 Å². The summed E-state index contributed by atoms with van der Waals surface area (Å²) in [5, 5.41) is 12.2. The van der Waals surface area contributed by atoms with Crippen molar-refractivity contribution in [1.82, 2.24) is 9.88 Å².